The number of aryl methyl sites for hydroxylation is 4. The summed E-state index contributed by atoms with van der Waals surface area (Å²) >= 11 is 0. The van der Waals surface area contributed by atoms with Crippen LogP contribution in [0.1, 0.15) is 39.6 Å². The van der Waals surface area contributed by atoms with Gasteiger partial charge in [0.05, 0.1) is 0 Å². The monoisotopic (exact) mass is 284 g/mol. The molecule has 1 aliphatic heterocycles. The summed E-state index contributed by atoms with van der Waals surface area (Å²) in [4.78, 5) is 12.4. The molecule has 0 aliphatic carbocycles. The second-order valence-corrected chi connectivity index (χ2v) is 5.86. The maximum Gasteiger partial charge on any atom is 0.251 e. The highest BCUT2D eigenvalue weighted by atomic mass is 16.1. The number of nitrogens with zero attached hydrogens (tertiary/aromatic N) is 3. The third-order valence-electron chi connectivity index (χ3n) is 3.95. The number of amides is 1. The van der Waals surface area contributed by atoms with Gasteiger partial charge in [-0.3, -0.25) is 4.79 Å². The van der Waals surface area contributed by atoms with Crippen molar-refractivity contribution in [3.63, 3.8) is 0 Å². The van der Waals surface area contributed by atoms with Crippen LogP contribution < -0.4 is 5.32 Å². The van der Waals surface area contributed by atoms with E-state index >= 15 is 0 Å². The van der Waals surface area contributed by atoms with Crippen LogP contribution in [0.25, 0.3) is 0 Å². The fourth-order valence-electron chi connectivity index (χ4n) is 2.95. The van der Waals surface area contributed by atoms with Gasteiger partial charge in [-0.25, -0.2) is 0 Å². The number of hydrogen-bond acceptors (Lipinski definition) is 3. The zero-order valence-corrected chi connectivity index (χ0v) is 12.7. The largest absolute Gasteiger partial charge is 0.347 e. The number of hydrogen-bond donors (Lipinski definition) is 1. The van der Waals surface area contributed by atoms with E-state index in [2.05, 4.69) is 26.1 Å². The summed E-state index contributed by atoms with van der Waals surface area (Å²) in [7, 11) is 0. The maximum absolute atomic E-state index is 12.4. The van der Waals surface area contributed by atoms with Crippen LogP contribution in [0.4, 0.5) is 0 Å². The van der Waals surface area contributed by atoms with Gasteiger partial charge in [0.25, 0.3) is 5.91 Å². The Balaban J connectivity index is 1.73. The molecule has 5 heteroatoms. The Morgan fingerprint density at radius 2 is 1.90 bits per heavy atom. The molecule has 0 bridgehead atoms. The Bertz CT molecular complexity index is 669. The molecule has 2 heterocycles. The summed E-state index contributed by atoms with van der Waals surface area (Å²) in [5, 5.41) is 11.4. The molecule has 0 spiro atoms. The quantitative estimate of drug-likeness (QED) is 0.917. The van der Waals surface area contributed by atoms with Gasteiger partial charge in [0, 0.05) is 24.6 Å². The molecule has 1 amide bonds. The number of aromatic nitrogens is 3. The smallest absolute Gasteiger partial charge is 0.251 e. The van der Waals surface area contributed by atoms with Crippen LogP contribution >= 0.6 is 0 Å². The molecule has 0 unspecified atom stereocenters. The number of fused-ring (bicyclic) bond motifs is 1. The Morgan fingerprint density at radius 1 is 1.19 bits per heavy atom. The van der Waals surface area contributed by atoms with Crippen LogP contribution in [-0.2, 0) is 13.0 Å². The molecule has 5 nitrogen and oxygen atoms in total. The van der Waals surface area contributed by atoms with Gasteiger partial charge in [-0.15, -0.1) is 10.2 Å². The lowest BCUT2D eigenvalue weighted by atomic mass is 10.0. The zero-order chi connectivity index (χ0) is 15.0. The molecule has 1 atom stereocenters. The van der Waals surface area contributed by atoms with E-state index < -0.39 is 0 Å². The molecular formula is C16H20N4O. The van der Waals surface area contributed by atoms with E-state index in [1.807, 2.05) is 32.9 Å². The van der Waals surface area contributed by atoms with Crippen molar-refractivity contribution in [1.29, 1.82) is 0 Å². The fourth-order valence-corrected chi connectivity index (χ4v) is 2.95. The Kier molecular flexibility index (Phi) is 3.49. The highest BCUT2D eigenvalue weighted by molar-refractivity contribution is 5.94. The van der Waals surface area contributed by atoms with Gasteiger partial charge in [0.2, 0.25) is 0 Å². The number of nitrogens with one attached hydrogen (secondary N) is 1. The number of carbonyl (C=O) groups excluding carboxylic acids is 1. The van der Waals surface area contributed by atoms with Crippen LogP contribution in [0.3, 0.4) is 0 Å². The molecule has 0 fully saturated rings. The van der Waals surface area contributed by atoms with Crippen LogP contribution in [0.5, 0.6) is 0 Å². The normalized spacial score (nSPS) is 17.4. The topological polar surface area (TPSA) is 59.8 Å². The number of benzene rings is 1. The molecule has 2 aromatic rings. The molecule has 1 aromatic carbocycles. The van der Waals surface area contributed by atoms with Crippen molar-refractivity contribution in [1.82, 2.24) is 20.1 Å². The predicted molar refractivity (Wildman–Crippen MR) is 80.3 cm³/mol. The van der Waals surface area contributed by atoms with E-state index in [0.29, 0.717) is 0 Å². The molecule has 0 radical (unpaired) electrons. The SMILES string of the molecule is Cc1cc(C)cc(C(=O)N[C@H]2CCc3nnc(C)n3C2)c1. The molecule has 1 aromatic heterocycles. The van der Waals surface area contributed by atoms with Gasteiger partial charge >= 0.3 is 0 Å². The summed E-state index contributed by atoms with van der Waals surface area (Å²) in [5.74, 6) is 1.93. The van der Waals surface area contributed by atoms with Crippen LogP contribution in [0.2, 0.25) is 0 Å². The number of rotatable bonds is 2. The van der Waals surface area contributed by atoms with Crippen molar-refractivity contribution in [3.05, 3.63) is 46.5 Å². The Morgan fingerprint density at radius 3 is 2.62 bits per heavy atom. The first-order chi connectivity index (χ1) is 10.0. The van der Waals surface area contributed by atoms with Gasteiger partial charge in [-0.1, -0.05) is 17.2 Å². The van der Waals surface area contributed by atoms with Crippen LogP contribution in [0, 0.1) is 20.8 Å². The second-order valence-electron chi connectivity index (χ2n) is 5.86. The van der Waals surface area contributed by atoms with Crippen molar-refractivity contribution in [3.8, 4) is 0 Å². The molecule has 1 N–H and O–H groups in total. The molecule has 1 aliphatic rings. The van der Waals surface area contributed by atoms with Crippen molar-refractivity contribution >= 4 is 5.91 Å². The highest BCUT2D eigenvalue weighted by Crippen LogP contribution is 2.16. The zero-order valence-electron chi connectivity index (χ0n) is 12.7. The van der Waals surface area contributed by atoms with Gasteiger partial charge in [-0.05, 0) is 39.3 Å². The first-order valence-corrected chi connectivity index (χ1v) is 7.31. The lowest BCUT2D eigenvalue weighted by Gasteiger charge is -2.25. The highest BCUT2D eigenvalue weighted by Gasteiger charge is 2.23. The first kappa shape index (κ1) is 13.8. The molecular weight excluding hydrogens is 264 g/mol. The third-order valence-corrected chi connectivity index (χ3v) is 3.95. The summed E-state index contributed by atoms with van der Waals surface area (Å²) in [6, 6.07) is 6.08. The maximum atomic E-state index is 12.4. The third kappa shape index (κ3) is 2.82. The van der Waals surface area contributed by atoms with Crippen molar-refractivity contribution in [2.45, 2.75) is 46.2 Å². The summed E-state index contributed by atoms with van der Waals surface area (Å²) in [6.45, 7) is 6.73. The Hall–Kier alpha value is -2.17. The molecule has 21 heavy (non-hydrogen) atoms. The molecule has 0 saturated heterocycles. The summed E-state index contributed by atoms with van der Waals surface area (Å²) in [6.07, 6.45) is 1.77. The summed E-state index contributed by atoms with van der Waals surface area (Å²) in [5.41, 5.74) is 2.96. The molecule has 3 rings (SSSR count). The van der Waals surface area contributed by atoms with Gasteiger partial charge < -0.3 is 9.88 Å². The van der Waals surface area contributed by atoms with Crippen molar-refractivity contribution in [2.24, 2.45) is 0 Å². The van der Waals surface area contributed by atoms with Gasteiger partial charge in [0.1, 0.15) is 11.6 Å². The minimum Gasteiger partial charge on any atom is -0.347 e. The predicted octanol–water partition coefficient (Wildman–Crippen LogP) is 1.95. The van der Waals surface area contributed by atoms with E-state index in [9.17, 15) is 4.79 Å². The summed E-state index contributed by atoms with van der Waals surface area (Å²) < 4.78 is 2.09. The minimum absolute atomic E-state index is 0.000905. The van der Waals surface area contributed by atoms with E-state index in [1.54, 1.807) is 0 Å². The fraction of sp³-hybridized carbons (Fsp3) is 0.438. The van der Waals surface area contributed by atoms with E-state index in [1.165, 1.54) is 0 Å². The average molecular weight is 284 g/mol. The van der Waals surface area contributed by atoms with Gasteiger partial charge in [0.15, 0.2) is 0 Å². The van der Waals surface area contributed by atoms with Gasteiger partial charge in [-0.2, -0.15) is 0 Å². The van der Waals surface area contributed by atoms with E-state index in [-0.39, 0.29) is 11.9 Å². The Labute approximate surface area is 124 Å². The lowest BCUT2D eigenvalue weighted by Crippen LogP contribution is -2.41. The molecule has 0 saturated carbocycles. The average Bonchev–Trinajstić information content (AvgIpc) is 2.79. The first-order valence-electron chi connectivity index (χ1n) is 7.31. The lowest BCUT2D eigenvalue weighted by molar-refractivity contribution is 0.0927. The van der Waals surface area contributed by atoms with Crippen LogP contribution in [-0.4, -0.2) is 26.7 Å². The minimum atomic E-state index is 0.000905. The standard InChI is InChI=1S/C16H20N4O/c1-10-6-11(2)8-13(7-10)16(21)17-14-4-5-15-19-18-12(3)20(15)9-14/h6-8,14H,4-5,9H2,1-3H3,(H,17,21)/t14-/m0/s1. The van der Waals surface area contributed by atoms with Crippen LogP contribution in [0.15, 0.2) is 18.2 Å². The van der Waals surface area contributed by atoms with Crippen molar-refractivity contribution in [2.75, 3.05) is 0 Å². The van der Waals surface area contributed by atoms with Crippen molar-refractivity contribution < 1.29 is 4.79 Å². The molecule has 110 valence electrons. The van der Waals surface area contributed by atoms with E-state index in [0.717, 1.165) is 47.7 Å². The van der Waals surface area contributed by atoms with E-state index in [4.69, 9.17) is 0 Å². The second kappa shape index (κ2) is 5.31. The number of carbonyl (C=O) groups is 1.